The highest BCUT2D eigenvalue weighted by atomic mass is 16.5. The van der Waals surface area contributed by atoms with Gasteiger partial charge in [0.15, 0.2) is 0 Å². The van der Waals surface area contributed by atoms with Crippen LogP contribution in [0.1, 0.15) is 24.2 Å². The number of carbonyl (C=O) groups excluding carboxylic acids is 3. The summed E-state index contributed by atoms with van der Waals surface area (Å²) in [5.41, 5.74) is 0.843. The number of hydrogen-bond acceptors (Lipinski definition) is 4. The van der Waals surface area contributed by atoms with Crippen molar-refractivity contribution in [3.05, 3.63) is 29.8 Å². The molecule has 1 aromatic carbocycles. The van der Waals surface area contributed by atoms with Crippen molar-refractivity contribution in [3.8, 4) is 0 Å². The van der Waals surface area contributed by atoms with E-state index in [-0.39, 0.29) is 18.4 Å². The third-order valence-electron chi connectivity index (χ3n) is 2.87. The molecule has 1 rings (SSSR count). The largest absolute Gasteiger partial charge is 0.369 e. The van der Waals surface area contributed by atoms with Gasteiger partial charge < -0.3 is 20.7 Å². The quantitative estimate of drug-likeness (QED) is 0.684. The molecular weight excluding hydrogens is 286 g/mol. The van der Waals surface area contributed by atoms with Crippen molar-refractivity contribution in [2.45, 2.75) is 20.0 Å². The third kappa shape index (κ3) is 5.53. The summed E-state index contributed by atoms with van der Waals surface area (Å²) in [5.74, 6) is -0.967. The zero-order chi connectivity index (χ0) is 16.5. The summed E-state index contributed by atoms with van der Waals surface area (Å²) in [7, 11) is 1.49. The number of ether oxygens (including phenoxy) is 1. The van der Waals surface area contributed by atoms with Crippen molar-refractivity contribution < 1.29 is 19.1 Å². The van der Waals surface area contributed by atoms with Crippen LogP contribution in [-0.4, -0.2) is 44.0 Å². The van der Waals surface area contributed by atoms with Crippen molar-refractivity contribution in [3.63, 3.8) is 0 Å². The number of anilines is 1. The van der Waals surface area contributed by atoms with E-state index in [9.17, 15) is 14.4 Å². The fraction of sp³-hybridized carbons (Fsp3) is 0.400. The van der Waals surface area contributed by atoms with Gasteiger partial charge in [0.05, 0.1) is 6.54 Å². The van der Waals surface area contributed by atoms with Crippen LogP contribution in [0, 0.1) is 0 Å². The molecule has 0 unspecified atom stereocenters. The van der Waals surface area contributed by atoms with E-state index in [1.165, 1.54) is 13.1 Å². The molecule has 22 heavy (non-hydrogen) atoms. The Morgan fingerprint density at radius 1 is 1.27 bits per heavy atom. The molecule has 0 saturated heterocycles. The second-order valence-corrected chi connectivity index (χ2v) is 4.52. The van der Waals surface area contributed by atoms with E-state index in [4.69, 9.17) is 4.74 Å². The minimum absolute atomic E-state index is 0.104. The summed E-state index contributed by atoms with van der Waals surface area (Å²) in [5, 5.41) is 7.57. The molecule has 0 radical (unpaired) electrons. The number of likely N-dealkylation sites (N-methyl/N-ethyl adjacent to an activating group) is 1. The second kappa shape index (κ2) is 8.78. The molecule has 3 amide bonds. The predicted octanol–water partition coefficient (Wildman–Crippen LogP) is 0.526. The van der Waals surface area contributed by atoms with Crippen LogP contribution in [0.3, 0.4) is 0 Å². The molecule has 0 spiro atoms. The van der Waals surface area contributed by atoms with Gasteiger partial charge in [-0.1, -0.05) is 6.07 Å². The normalized spacial score (nSPS) is 11.4. The molecule has 1 atom stereocenters. The van der Waals surface area contributed by atoms with Gasteiger partial charge in [0, 0.05) is 24.9 Å². The van der Waals surface area contributed by atoms with Crippen molar-refractivity contribution in [2.24, 2.45) is 0 Å². The van der Waals surface area contributed by atoms with Gasteiger partial charge in [0.1, 0.15) is 6.10 Å². The molecule has 0 aliphatic carbocycles. The van der Waals surface area contributed by atoms with Gasteiger partial charge >= 0.3 is 0 Å². The first kappa shape index (κ1) is 17.6. The standard InChI is InChI=1S/C15H21N3O4/c1-4-22-10(2)14(20)18-12-7-5-6-11(8-12)15(21)17-9-13(19)16-3/h5-8,10H,4,9H2,1-3H3,(H,16,19)(H,17,21)(H,18,20)/t10-/m1/s1. The Morgan fingerprint density at radius 3 is 2.64 bits per heavy atom. The van der Waals surface area contributed by atoms with Gasteiger partial charge in [-0.05, 0) is 32.0 Å². The van der Waals surface area contributed by atoms with Gasteiger partial charge in [-0.3, -0.25) is 14.4 Å². The van der Waals surface area contributed by atoms with Crippen molar-refractivity contribution >= 4 is 23.4 Å². The molecule has 7 nitrogen and oxygen atoms in total. The highest BCUT2D eigenvalue weighted by Crippen LogP contribution is 2.11. The summed E-state index contributed by atoms with van der Waals surface area (Å²) in [6.07, 6.45) is -0.573. The third-order valence-corrected chi connectivity index (χ3v) is 2.87. The van der Waals surface area contributed by atoms with Crippen LogP contribution in [-0.2, 0) is 14.3 Å². The lowest BCUT2D eigenvalue weighted by atomic mass is 10.2. The molecule has 0 fully saturated rings. The second-order valence-electron chi connectivity index (χ2n) is 4.52. The average Bonchev–Trinajstić information content (AvgIpc) is 2.52. The van der Waals surface area contributed by atoms with Crippen LogP contribution in [0.2, 0.25) is 0 Å². The molecule has 120 valence electrons. The van der Waals surface area contributed by atoms with Crippen LogP contribution >= 0.6 is 0 Å². The fourth-order valence-corrected chi connectivity index (χ4v) is 1.66. The predicted molar refractivity (Wildman–Crippen MR) is 82.6 cm³/mol. The Kier molecular flexibility index (Phi) is 7.04. The molecule has 0 aliphatic heterocycles. The zero-order valence-corrected chi connectivity index (χ0v) is 12.9. The minimum atomic E-state index is -0.573. The van der Waals surface area contributed by atoms with E-state index in [2.05, 4.69) is 16.0 Å². The van der Waals surface area contributed by atoms with Crippen molar-refractivity contribution in [2.75, 3.05) is 25.5 Å². The first-order valence-electron chi connectivity index (χ1n) is 6.99. The van der Waals surface area contributed by atoms with Gasteiger partial charge in [-0.15, -0.1) is 0 Å². The summed E-state index contributed by atoms with van der Waals surface area (Å²) >= 11 is 0. The lowest BCUT2D eigenvalue weighted by molar-refractivity contribution is -0.126. The van der Waals surface area contributed by atoms with E-state index in [1.807, 2.05) is 0 Å². The van der Waals surface area contributed by atoms with Crippen LogP contribution in [0.5, 0.6) is 0 Å². The van der Waals surface area contributed by atoms with E-state index in [0.717, 1.165) is 0 Å². The van der Waals surface area contributed by atoms with Crippen LogP contribution in [0.25, 0.3) is 0 Å². The molecule has 7 heteroatoms. The summed E-state index contributed by atoms with van der Waals surface area (Å²) in [4.78, 5) is 34.9. The average molecular weight is 307 g/mol. The van der Waals surface area contributed by atoms with E-state index in [0.29, 0.717) is 17.9 Å². The lowest BCUT2D eigenvalue weighted by Crippen LogP contribution is -2.35. The highest BCUT2D eigenvalue weighted by Gasteiger charge is 2.14. The highest BCUT2D eigenvalue weighted by molar-refractivity contribution is 5.99. The first-order valence-corrected chi connectivity index (χ1v) is 6.99. The molecule has 0 heterocycles. The van der Waals surface area contributed by atoms with Gasteiger partial charge in [0.25, 0.3) is 11.8 Å². The van der Waals surface area contributed by atoms with Crippen LogP contribution in [0.4, 0.5) is 5.69 Å². The monoisotopic (exact) mass is 307 g/mol. The van der Waals surface area contributed by atoms with Crippen molar-refractivity contribution in [1.82, 2.24) is 10.6 Å². The smallest absolute Gasteiger partial charge is 0.253 e. The topological polar surface area (TPSA) is 96.5 Å². The zero-order valence-electron chi connectivity index (χ0n) is 12.9. The minimum Gasteiger partial charge on any atom is -0.369 e. The number of hydrogen-bond donors (Lipinski definition) is 3. The van der Waals surface area contributed by atoms with Gasteiger partial charge in [0.2, 0.25) is 5.91 Å². The molecule has 0 aliphatic rings. The van der Waals surface area contributed by atoms with Gasteiger partial charge in [-0.25, -0.2) is 0 Å². The van der Waals surface area contributed by atoms with E-state index >= 15 is 0 Å². The molecular formula is C15H21N3O4. The summed E-state index contributed by atoms with van der Waals surface area (Å²) in [6.45, 7) is 3.80. The Labute approximate surface area is 129 Å². The molecule has 3 N–H and O–H groups in total. The summed E-state index contributed by atoms with van der Waals surface area (Å²) in [6, 6.07) is 6.46. The Hall–Kier alpha value is -2.41. The van der Waals surface area contributed by atoms with Crippen LogP contribution in [0.15, 0.2) is 24.3 Å². The molecule has 1 aromatic rings. The number of benzene rings is 1. The number of amides is 3. The maximum absolute atomic E-state index is 11.9. The summed E-state index contributed by atoms with van der Waals surface area (Å²) < 4.78 is 5.20. The first-order chi connectivity index (χ1) is 10.5. The maximum Gasteiger partial charge on any atom is 0.253 e. The number of carbonyl (C=O) groups is 3. The Morgan fingerprint density at radius 2 is 2.00 bits per heavy atom. The SMILES string of the molecule is CCO[C@H](C)C(=O)Nc1cccc(C(=O)NCC(=O)NC)c1. The molecule has 0 aromatic heterocycles. The van der Waals surface area contributed by atoms with Crippen molar-refractivity contribution in [1.29, 1.82) is 0 Å². The maximum atomic E-state index is 11.9. The van der Waals surface area contributed by atoms with Gasteiger partial charge in [-0.2, -0.15) is 0 Å². The molecule has 0 bridgehead atoms. The Bertz CT molecular complexity index is 545. The Balaban J connectivity index is 2.67. The number of nitrogens with one attached hydrogen (secondary N) is 3. The molecule has 0 saturated carbocycles. The lowest BCUT2D eigenvalue weighted by Gasteiger charge is -2.12. The van der Waals surface area contributed by atoms with E-state index < -0.39 is 12.0 Å². The van der Waals surface area contributed by atoms with E-state index in [1.54, 1.807) is 32.0 Å². The fourth-order valence-electron chi connectivity index (χ4n) is 1.66. The van der Waals surface area contributed by atoms with Crippen LogP contribution < -0.4 is 16.0 Å². The number of rotatable bonds is 7.